The highest BCUT2D eigenvalue weighted by Crippen LogP contribution is 2.23. The molecule has 0 aliphatic carbocycles. The zero-order chi connectivity index (χ0) is 12.3. The molecule has 0 radical (unpaired) electrons. The van der Waals surface area contributed by atoms with Gasteiger partial charge in [0.05, 0.1) is 29.1 Å². The van der Waals surface area contributed by atoms with Gasteiger partial charge < -0.3 is 4.74 Å². The lowest BCUT2D eigenvalue weighted by molar-refractivity contribution is -0.139. The summed E-state index contributed by atoms with van der Waals surface area (Å²) in [7, 11) is 1.38. The maximum absolute atomic E-state index is 11.1. The molecule has 4 nitrogen and oxygen atoms in total. The van der Waals surface area contributed by atoms with Crippen molar-refractivity contribution in [3.63, 3.8) is 0 Å². The molecule has 0 atom stereocenters. The third-order valence-electron chi connectivity index (χ3n) is 2.27. The molecule has 0 bridgehead atoms. The molecule has 17 heavy (non-hydrogen) atoms. The number of hydrogen-bond donors (Lipinski definition) is 0. The summed E-state index contributed by atoms with van der Waals surface area (Å²) in [6.45, 7) is 1.96. The van der Waals surface area contributed by atoms with Crippen LogP contribution in [-0.4, -0.2) is 23.0 Å². The van der Waals surface area contributed by atoms with E-state index < -0.39 is 0 Å². The molecule has 2 rings (SSSR count). The van der Waals surface area contributed by atoms with Crippen molar-refractivity contribution < 1.29 is 9.53 Å². The Labute approximate surface area is 103 Å². The van der Waals surface area contributed by atoms with Crippen LogP contribution in [0.3, 0.4) is 0 Å². The fourth-order valence-electron chi connectivity index (χ4n) is 1.39. The van der Waals surface area contributed by atoms with E-state index in [0.29, 0.717) is 0 Å². The number of thiazole rings is 1. The van der Waals surface area contributed by atoms with Crippen molar-refractivity contribution in [2.24, 2.45) is 0 Å². The Kier molecular flexibility index (Phi) is 3.49. The number of nitrogens with zero attached hydrogens (tertiary/aromatic N) is 2. The van der Waals surface area contributed by atoms with Gasteiger partial charge >= 0.3 is 5.97 Å². The van der Waals surface area contributed by atoms with E-state index in [1.807, 2.05) is 25.3 Å². The van der Waals surface area contributed by atoms with Gasteiger partial charge in [-0.3, -0.25) is 9.78 Å². The van der Waals surface area contributed by atoms with Gasteiger partial charge in [-0.1, -0.05) is 6.07 Å². The summed E-state index contributed by atoms with van der Waals surface area (Å²) in [5.74, 6) is -0.256. The van der Waals surface area contributed by atoms with E-state index in [1.165, 1.54) is 7.11 Å². The maximum Gasteiger partial charge on any atom is 0.310 e. The topological polar surface area (TPSA) is 52.1 Å². The molecular weight excluding hydrogens is 236 g/mol. The van der Waals surface area contributed by atoms with Gasteiger partial charge in [-0.25, -0.2) is 4.98 Å². The summed E-state index contributed by atoms with van der Waals surface area (Å²) >= 11 is 1.60. The van der Waals surface area contributed by atoms with E-state index in [1.54, 1.807) is 17.5 Å². The standard InChI is InChI=1S/C12H12N2O2S/c1-8-13-7-11(17-8)10-4-3-9(6-14-10)5-12(15)16-2/h3-4,6-7H,5H2,1-2H3. The molecule has 2 aromatic rings. The first kappa shape index (κ1) is 11.7. The van der Waals surface area contributed by atoms with Crippen molar-refractivity contribution in [3.05, 3.63) is 35.1 Å². The van der Waals surface area contributed by atoms with Crippen molar-refractivity contribution in [1.82, 2.24) is 9.97 Å². The number of aromatic nitrogens is 2. The zero-order valence-electron chi connectivity index (χ0n) is 9.64. The summed E-state index contributed by atoms with van der Waals surface area (Å²) in [5.41, 5.74) is 1.73. The number of esters is 1. The Morgan fingerprint density at radius 1 is 1.35 bits per heavy atom. The van der Waals surface area contributed by atoms with Crippen LogP contribution in [0, 0.1) is 6.92 Å². The Bertz CT molecular complexity index is 520. The van der Waals surface area contributed by atoms with Crippen LogP contribution in [0.15, 0.2) is 24.5 Å². The highest BCUT2D eigenvalue weighted by Gasteiger charge is 2.06. The second-order valence-corrected chi connectivity index (χ2v) is 4.78. The molecule has 0 amide bonds. The number of ether oxygens (including phenoxy) is 1. The van der Waals surface area contributed by atoms with Crippen molar-refractivity contribution >= 4 is 17.3 Å². The average Bonchev–Trinajstić information content (AvgIpc) is 2.77. The maximum atomic E-state index is 11.1. The fraction of sp³-hybridized carbons (Fsp3) is 0.250. The summed E-state index contributed by atoms with van der Waals surface area (Å²) in [4.78, 5) is 20.6. The second-order valence-electron chi connectivity index (χ2n) is 3.55. The normalized spacial score (nSPS) is 10.2. The number of hydrogen-bond acceptors (Lipinski definition) is 5. The number of aryl methyl sites for hydroxylation is 1. The fourth-order valence-corrected chi connectivity index (χ4v) is 2.15. The molecule has 0 spiro atoms. The molecule has 5 heteroatoms. The van der Waals surface area contributed by atoms with Crippen LogP contribution in [0.2, 0.25) is 0 Å². The van der Waals surface area contributed by atoms with E-state index in [9.17, 15) is 4.79 Å². The lowest BCUT2D eigenvalue weighted by Gasteiger charge is -2.00. The van der Waals surface area contributed by atoms with Crippen LogP contribution < -0.4 is 0 Å². The SMILES string of the molecule is COC(=O)Cc1ccc(-c2cnc(C)s2)nc1. The zero-order valence-corrected chi connectivity index (χ0v) is 10.5. The molecule has 88 valence electrons. The molecule has 2 heterocycles. The van der Waals surface area contributed by atoms with Crippen molar-refractivity contribution in [2.45, 2.75) is 13.3 Å². The lowest BCUT2D eigenvalue weighted by Crippen LogP contribution is -2.04. The monoisotopic (exact) mass is 248 g/mol. The molecule has 0 fully saturated rings. The smallest absolute Gasteiger partial charge is 0.310 e. The number of pyridine rings is 1. The molecule has 0 aliphatic heterocycles. The Morgan fingerprint density at radius 3 is 2.71 bits per heavy atom. The Balaban J connectivity index is 2.15. The van der Waals surface area contributed by atoms with Crippen LogP contribution in [-0.2, 0) is 16.0 Å². The number of carbonyl (C=O) groups excluding carboxylic acids is 1. The van der Waals surface area contributed by atoms with Gasteiger partial charge in [0.1, 0.15) is 0 Å². The lowest BCUT2D eigenvalue weighted by atomic mass is 10.2. The van der Waals surface area contributed by atoms with Gasteiger partial charge in [0.2, 0.25) is 0 Å². The third-order valence-corrected chi connectivity index (χ3v) is 3.21. The third kappa shape index (κ3) is 2.88. The van der Waals surface area contributed by atoms with Crippen LogP contribution >= 0.6 is 11.3 Å². The largest absolute Gasteiger partial charge is 0.469 e. The number of methoxy groups -OCH3 is 1. The van der Waals surface area contributed by atoms with Crippen molar-refractivity contribution in [3.8, 4) is 10.6 Å². The van der Waals surface area contributed by atoms with Gasteiger partial charge in [-0.2, -0.15) is 0 Å². The van der Waals surface area contributed by atoms with E-state index >= 15 is 0 Å². The highest BCUT2D eigenvalue weighted by molar-refractivity contribution is 7.15. The predicted octanol–water partition coefficient (Wildman–Crippen LogP) is 2.23. The minimum atomic E-state index is -0.256. The average molecular weight is 248 g/mol. The van der Waals surface area contributed by atoms with Gasteiger partial charge in [-0.05, 0) is 18.6 Å². The summed E-state index contributed by atoms with van der Waals surface area (Å²) < 4.78 is 4.60. The molecule has 0 aliphatic rings. The quantitative estimate of drug-likeness (QED) is 0.782. The molecule has 0 saturated heterocycles. The first-order valence-corrected chi connectivity index (χ1v) is 5.95. The minimum Gasteiger partial charge on any atom is -0.469 e. The van der Waals surface area contributed by atoms with Crippen LogP contribution in [0.25, 0.3) is 10.6 Å². The Hall–Kier alpha value is -1.75. The number of rotatable bonds is 3. The molecule has 0 saturated carbocycles. The van der Waals surface area contributed by atoms with Gasteiger partial charge in [0.15, 0.2) is 0 Å². The van der Waals surface area contributed by atoms with E-state index in [2.05, 4.69) is 14.7 Å². The van der Waals surface area contributed by atoms with Gasteiger partial charge in [0, 0.05) is 12.4 Å². The van der Waals surface area contributed by atoms with Crippen LogP contribution in [0.1, 0.15) is 10.6 Å². The van der Waals surface area contributed by atoms with Gasteiger partial charge in [-0.15, -0.1) is 11.3 Å². The van der Waals surface area contributed by atoms with E-state index in [0.717, 1.165) is 21.1 Å². The first-order chi connectivity index (χ1) is 8.19. The summed E-state index contributed by atoms with van der Waals surface area (Å²) in [5, 5.41) is 1.01. The molecule has 0 N–H and O–H groups in total. The minimum absolute atomic E-state index is 0.255. The van der Waals surface area contributed by atoms with E-state index in [-0.39, 0.29) is 12.4 Å². The van der Waals surface area contributed by atoms with Crippen LogP contribution in [0.4, 0.5) is 0 Å². The van der Waals surface area contributed by atoms with Crippen molar-refractivity contribution in [2.75, 3.05) is 7.11 Å². The predicted molar refractivity (Wildman–Crippen MR) is 65.8 cm³/mol. The molecule has 2 aromatic heterocycles. The Morgan fingerprint density at radius 2 is 2.18 bits per heavy atom. The molecular formula is C12H12N2O2S. The van der Waals surface area contributed by atoms with Crippen molar-refractivity contribution in [1.29, 1.82) is 0 Å². The van der Waals surface area contributed by atoms with E-state index in [4.69, 9.17) is 0 Å². The van der Waals surface area contributed by atoms with Gasteiger partial charge in [0.25, 0.3) is 0 Å². The molecule has 0 aromatic carbocycles. The highest BCUT2D eigenvalue weighted by atomic mass is 32.1. The van der Waals surface area contributed by atoms with Crippen LogP contribution in [0.5, 0.6) is 0 Å². The summed E-state index contributed by atoms with van der Waals surface area (Å²) in [6.07, 6.45) is 3.76. The molecule has 0 unspecified atom stereocenters. The number of carbonyl (C=O) groups is 1. The summed E-state index contributed by atoms with van der Waals surface area (Å²) in [6, 6.07) is 3.78. The second kappa shape index (κ2) is 5.05. The first-order valence-electron chi connectivity index (χ1n) is 5.13.